The Labute approximate surface area is 80.6 Å². The van der Waals surface area contributed by atoms with E-state index in [1.165, 1.54) is 14.2 Å². The van der Waals surface area contributed by atoms with Gasteiger partial charge in [0.05, 0.1) is 14.2 Å². The number of rotatable bonds is 2. The third-order valence-electron chi connectivity index (χ3n) is 1.73. The Kier molecular flexibility index (Phi) is 3.33. The first-order valence-corrected chi connectivity index (χ1v) is 3.99. The molecule has 1 heterocycles. The summed E-state index contributed by atoms with van der Waals surface area (Å²) in [6, 6.07) is 0. The van der Waals surface area contributed by atoms with E-state index in [0.717, 1.165) is 0 Å². The summed E-state index contributed by atoms with van der Waals surface area (Å²) in [5.41, 5.74) is 0.445. The van der Waals surface area contributed by atoms with Crippen LogP contribution < -0.4 is 0 Å². The summed E-state index contributed by atoms with van der Waals surface area (Å²) >= 11 is 0. The van der Waals surface area contributed by atoms with E-state index in [4.69, 9.17) is 0 Å². The number of hydrogen-bond donors (Lipinski definition) is 0. The van der Waals surface area contributed by atoms with Crippen LogP contribution in [0.3, 0.4) is 0 Å². The van der Waals surface area contributed by atoms with Gasteiger partial charge in [-0.3, -0.25) is 0 Å². The van der Waals surface area contributed by atoms with E-state index in [-0.39, 0.29) is 11.4 Å². The van der Waals surface area contributed by atoms with Gasteiger partial charge in [-0.25, -0.2) is 9.59 Å². The molecule has 0 N–H and O–H groups in total. The van der Waals surface area contributed by atoms with Gasteiger partial charge in [0.2, 0.25) is 0 Å². The van der Waals surface area contributed by atoms with Crippen LogP contribution in [0.2, 0.25) is 0 Å². The van der Waals surface area contributed by atoms with Crippen molar-refractivity contribution in [2.75, 3.05) is 14.2 Å². The Bertz CT molecular complexity index is 287. The van der Waals surface area contributed by atoms with E-state index < -0.39 is 11.9 Å². The summed E-state index contributed by atoms with van der Waals surface area (Å²) < 4.78 is 8.91. The van der Waals surface area contributed by atoms with E-state index in [9.17, 15) is 9.59 Å². The average molecular weight is 198 g/mol. The highest BCUT2D eigenvalue weighted by atomic mass is 16.5. The van der Waals surface area contributed by atoms with Gasteiger partial charge in [0.25, 0.3) is 0 Å². The van der Waals surface area contributed by atoms with Crippen LogP contribution in [0, 0.1) is 0 Å². The lowest BCUT2D eigenvalue weighted by atomic mass is 10.1. The average Bonchev–Trinajstić information content (AvgIpc) is 2.27. The van der Waals surface area contributed by atoms with Gasteiger partial charge in [-0.05, 0) is 0 Å². The van der Waals surface area contributed by atoms with Gasteiger partial charge in [0.15, 0.2) is 0 Å². The van der Waals surface area contributed by atoms with E-state index in [2.05, 4.69) is 19.7 Å². The van der Waals surface area contributed by atoms with Crippen LogP contribution in [0.1, 0.15) is 12.8 Å². The van der Waals surface area contributed by atoms with Gasteiger partial charge in [-0.15, -0.1) is 10.2 Å². The number of ether oxygens (including phenoxy) is 2. The minimum Gasteiger partial charge on any atom is -0.464 e. The lowest BCUT2D eigenvalue weighted by molar-refractivity contribution is -0.134. The van der Waals surface area contributed by atoms with Crippen molar-refractivity contribution in [1.82, 2.24) is 0 Å². The minimum absolute atomic E-state index is 0.222. The van der Waals surface area contributed by atoms with Crippen LogP contribution in [0.5, 0.6) is 0 Å². The van der Waals surface area contributed by atoms with Crippen molar-refractivity contribution in [3.63, 3.8) is 0 Å². The van der Waals surface area contributed by atoms with Gasteiger partial charge < -0.3 is 9.47 Å². The Morgan fingerprint density at radius 1 is 1.00 bits per heavy atom. The van der Waals surface area contributed by atoms with Gasteiger partial charge in [-0.2, -0.15) is 0 Å². The molecule has 0 aromatic rings. The molecule has 14 heavy (non-hydrogen) atoms. The van der Waals surface area contributed by atoms with Crippen molar-refractivity contribution in [3.05, 3.63) is 0 Å². The summed E-state index contributed by atoms with van der Waals surface area (Å²) in [6.45, 7) is 0. The summed E-state index contributed by atoms with van der Waals surface area (Å²) in [7, 11) is 2.54. The number of nitrogens with zero attached hydrogens (tertiary/aromatic N) is 2. The van der Waals surface area contributed by atoms with Crippen molar-refractivity contribution in [2.45, 2.75) is 12.8 Å². The second kappa shape index (κ2) is 4.50. The summed E-state index contributed by atoms with van der Waals surface area (Å²) in [5.74, 6) is -1.03. The molecule has 0 bridgehead atoms. The fourth-order valence-corrected chi connectivity index (χ4v) is 0.979. The first-order valence-electron chi connectivity index (χ1n) is 3.99. The Morgan fingerprint density at radius 2 is 1.36 bits per heavy atom. The smallest absolute Gasteiger partial charge is 0.354 e. The Hall–Kier alpha value is -1.72. The molecule has 0 unspecified atom stereocenters. The number of hydrogen-bond acceptors (Lipinski definition) is 6. The highest BCUT2D eigenvalue weighted by Gasteiger charge is 2.21. The van der Waals surface area contributed by atoms with Crippen molar-refractivity contribution in [3.8, 4) is 0 Å². The molecule has 76 valence electrons. The second-order valence-corrected chi connectivity index (χ2v) is 2.58. The SMILES string of the molecule is COC(=O)C1=NN=C(C(=O)OC)CC1. The highest BCUT2D eigenvalue weighted by molar-refractivity contribution is 6.41. The summed E-state index contributed by atoms with van der Waals surface area (Å²) in [4.78, 5) is 21.9. The van der Waals surface area contributed by atoms with Crippen molar-refractivity contribution < 1.29 is 19.1 Å². The molecule has 0 fully saturated rings. The lowest BCUT2D eigenvalue weighted by Crippen LogP contribution is -2.24. The van der Waals surface area contributed by atoms with Crippen molar-refractivity contribution in [1.29, 1.82) is 0 Å². The molecule has 6 nitrogen and oxygen atoms in total. The standard InChI is InChI=1S/C8H10N2O4/c1-13-7(11)5-3-4-6(10-9-5)8(12)14-2/h3-4H2,1-2H3. The number of esters is 2. The van der Waals surface area contributed by atoms with Crippen LogP contribution in [-0.4, -0.2) is 37.6 Å². The lowest BCUT2D eigenvalue weighted by Gasteiger charge is -2.08. The van der Waals surface area contributed by atoms with Crippen LogP contribution in [-0.2, 0) is 19.1 Å². The van der Waals surface area contributed by atoms with Crippen molar-refractivity contribution in [2.24, 2.45) is 10.2 Å². The topological polar surface area (TPSA) is 77.3 Å². The quantitative estimate of drug-likeness (QED) is 0.581. The minimum atomic E-state index is -0.516. The van der Waals surface area contributed by atoms with Crippen LogP contribution in [0.25, 0.3) is 0 Å². The predicted molar refractivity (Wildman–Crippen MR) is 48.1 cm³/mol. The zero-order valence-electron chi connectivity index (χ0n) is 7.94. The summed E-state index contributed by atoms with van der Waals surface area (Å²) in [6.07, 6.45) is 0.696. The largest absolute Gasteiger partial charge is 0.464 e. The third kappa shape index (κ3) is 2.15. The summed E-state index contributed by atoms with van der Waals surface area (Å²) in [5, 5.41) is 7.16. The molecule has 0 amide bonds. The maximum absolute atomic E-state index is 11.0. The van der Waals surface area contributed by atoms with E-state index in [1.54, 1.807) is 0 Å². The molecule has 0 aromatic heterocycles. The van der Waals surface area contributed by atoms with Gasteiger partial charge in [0, 0.05) is 12.8 Å². The first kappa shape index (κ1) is 10.4. The molecule has 6 heteroatoms. The van der Waals surface area contributed by atoms with Crippen LogP contribution in [0.15, 0.2) is 10.2 Å². The molecule has 0 aromatic carbocycles. The van der Waals surface area contributed by atoms with Crippen molar-refractivity contribution >= 4 is 23.4 Å². The maximum Gasteiger partial charge on any atom is 0.354 e. The molecule has 1 aliphatic rings. The maximum atomic E-state index is 11.0. The number of methoxy groups -OCH3 is 2. The third-order valence-corrected chi connectivity index (χ3v) is 1.73. The molecule has 1 aliphatic heterocycles. The van der Waals surface area contributed by atoms with E-state index >= 15 is 0 Å². The molecule has 0 saturated heterocycles. The Morgan fingerprint density at radius 3 is 1.57 bits per heavy atom. The number of carbonyl (C=O) groups excluding carboxylic acids is 2. The van der Waals surface area contributed by atoms with E-state index in [0.29, 0.717) is 12.8 Å². The molecule has 0 spiro atoms. The highest BCUT2D eigenvalue weighted by Crippen LogP contribution is 2.06. The molecule has 0 aliphatic carbocycles. The van der Waals surface area contributed by atoms with Crippen LogP contribution in [0.4, 0.5) is 0 Å². The fourth-order valence-electron chi connectivity index (χ4n) is 0.979. The van der Waals surface area contributed by atoms with E-state index in [1.807, 2.05) is 0 Å². The zero-order valence-corrected chi connectivity index (χ0v) is 7.94. The van der Waals surface area contributed by atoms with Gasteiger partial charge in [-0.1, -0.05) is 0 Å². The molecule has 1 rings (SSSR count). The van der Waals surface area contributed by atoms with Gasteiger partial charge in [0.1, 0.15) is 11.4 Å². The number of carbonyl (C=O) groups is 2. The monoisotopic (exact) mass is 198 g/mol. The molecule has 0 atom stereocenters. The fraction of sp³-hybridized carbons (Fsp3) is 0.500. The first-order chi connectivity index (χ1) is 6.69. The van der Waals surface area contributed by atoms with Gasteiger partial charge >= 0.3 is 11.9 Å². The van der Waals surface area contributed by atoms with Crippen LogP contribution >= 0.6 is 0 Å². The molecular formula is C8H10N2O4. The predicted octanol–water partition coefficient (Wildman–Crippen LogP) is -0.0768. The second-order valence-electron chi connectivity index (χ2n) is 2.58. The normalized spacial score (nSPS) is 15.3. The molecule has 0 radical (unpaired) electrons. The zero-order chi connectivity index (χ0) is 10.6. The Balaban J connectivity index is 2.73. The molecule has 0 saturated carbocycles. The molecular weight excluding hydrogens is 188 g/mol.